The molecule has 1 rings (SSSR count). The van der Waals surface area contributed by atoms with Gasteiger partial charge in [0.25, 0.3) is 0 Å². The van der Waals surface area contributed by atoms with E-state index in [4.69, 9.17) is 15.3 Å². The van der Waals surface area contributed by atoms with Crippen LogP contribution in [0.4, 0.5) is 0 Å². The molecule has 0 aliphatic rings. The molecule has 0 aromatic heterocycles. The van der Waals surface area contributed by atoms with Crippen molar-refractivity contribution < 1.29 is 28.5 Å². The maximum Gasteiger partial charge on any atom is 0.303 e. The number of sulfone groups is 1. The van der Waals surface area contributed by atoms with E-state index in [-0.39, 0.29) is 11.3 Å². The monoisotopic (exact) mass is 288 g/mol. The number of rotatable bonds is 7. The van der Waals surface area contributed by atoms with Gasteiger partial charge in [0, 0.05) is 6.42 Å². The number of aliphatic hydroxyl groups excluding tert-OH is 2. The zero-order valence-electron chi connectivity index (χ0n) is 10.2. The fraction of sp³-hybridized carbons (Fsp3) is 0.417. The molecule has 3 N–H and O–H groups in total. The Morgan fingerprint density at radius 3 is 2.26 bits per heavy atom. The third-order valence-electron chi connectivity index (χ3n) is 2.53. The minimum Gasteiger partial charge on any atom is -0.481 e. The second kappa shape index (κ2) is 6.65. The van der Waals surface area contributed by atoms with Crippen molar-refractivity contribution in [3.8, 4) is 0 Å². The largest absolute Gasteiger partial charge is 0.481 e. The second-order valence-electron chi connectivity index (χ2n) is 4.16. The van der Waals surface area contributed by atoms with Gasteiger partial charge in [0.05, 0.1) is 23.4 Å². The molecule has 1 aromatic rings. The van der Waals surface area contributed by atoms with E-state index in [1.54, 1.807) is 12.1 Å². The number of aryl methyl sites for hydroxylation is 1. The lowest BCUT2D eigenvalue weighted by Gasteiger charge is -2.09. The highest BCUT2D eigenvalue weighted by Gasteiger charge is 2.19. The van der Waals surface area contributed by atoms with Crippen LogP contribution < -0.4 is 0 Å². The SMILES string of the molecule is O=C(O)CCc1ccc(S(=O)(=O)CC(O)CO)cc1. The van der Waals surface area contributed by atoms with E-state index in [0.717, 1.165) is 5.56 Å². The summed E-state index contributed by atoms with van der Waals surface area (Å²) < 4.78 is 23.6. The van der Waals surface area contributed by atoms with Crippen LogP contribution in [0.1, 0.15) is 12.0 Å². The first kappa shape index (κ1) is 15.6. The van der Waals surface area contributed by atoms with Crippen LogP contribution in [0.25, 0.3) is 0 Å². The van der Waals surface area contributed by atoms with E-state index in [1.807, 2.05) is 0 Å². The maximum absolute atomic E-state index is 11.8. The van der Waals surface area contributed by atoms with Crippen LogP contribution in [0, 0.1) is 0 Å². The predicted molar refractivity (Wildman–Crippen MR) is 67.5 cm³/mol. The molecule has 1 unspecified atom stereocenters. The molecule has 0 radical (unpaired) electrons. The smallest absolute Gasteiger partial charge is 0.303 e. The first-order chi connectivity index (χ1) is 8.85. The van der Waals surface area contributed by atoms with E-state index < -0.39 is 34.3 Å². The summed E-state index contributed by atoms with van der Waals surface area (Å²) in [6.07, 6.45) is -0.999. The van der Waals surface area contributed by atoms with Gasteiger partial charge in [-0.2, -0.15) is 0 Å². The van der Waals surface area contributed by atoms with Crippen molar-refractivity contribution in [3.05, 3.63) is 29.8 Å². The maximum atomic E-state index is 11.8. The Labute approximate surface area is 111 Å². The van der Waals surface area contributed by atoms with E-state index in [0.29, 0.717) is 6.42 Å². The molecule has 0 bridgehead atoms. The molecule has 6 nitrogen and oxygen atoms in total. The number of carbonyl (C=O) groups is 1. The van der Waals surface area contributed by atoms with Crippen molar-refractivity contribution in [2.45, 2.75) is 23.8 Å². The molecule has 1 atom stereocenters. The molecule has 0 aliphatic heterocycles. The summed E-state index contributed by atoms with van der Waals surface area (Å²) in [5.41, 5.74) is 0.726. The molecule has 0 aliphatic carbocycles. The zero-order valence-corrected chi connectivity index (χ0v) is 11.0. The Morgan fingerprint density at radius 2 is 1.79 bits per heavy atom. The molecule has 106 valence electrons. The van der Waals surface area contributed by atoms with Gasteiger partial charge in [-0.1, -0.05) is 12.1 Å². The van der Waals surface area contributed by atoms with Crippen molar-refractivity contribution in [3.63, 3.8) is 0 Å². The van der Waals surface area contributed by atoms with Gasteiger partial charge in [-0.15, -0.1) is 0 Å². The summed E-state index contributed by atoms with van der Waals surface area (Å²) in [6, 6.07) is 5.83. The molecule has 19 heavy (non-hydrogen) atoms. The van der Waals surface area contributed by atoms with E-state index in [9.17, 15) is 13.2 Å². The fourth-order valence-corrected chi connectivity index (χ4v) is 2.87. The van der Waals surface area contributed by atoms with Crippen molar-refractivity contribution in [1.82, 2.24) is 0 Å². The number of aliphatic hydroxyl groups is 2. The summed E-state index contributed by atoms with van der Waals surface area (Å²) in [5, 5.41) is 26.3. The van der Waals surface area contributed by atoms with Crippen LogP contribution in [-0.4, -0.2) is 48.2 Å². The first-order valence-electron chi connectivity index (χ1n) is 5.67. The van der Waals surface area contributed by atoms with Gasteiger partial charge in [0.2, 0.25) is 0 Å². The number of carboxylic acids is 1. The molecule has 0 amide bonds. The van der Waals surface area contributed by atoms with Gasteiger partial charge in [0.1, 0.15) is 0 Å². The molecular weight excluding hydrogens is 272 g/mol. The van der Waals surface area contributed by atoms with Crippen molar-refractivity contribution in [1.29, 1.82) is 0 Å². The molecular formula is C12H16O6S. The van der Waals surface area contributed by atoms with Crippen molar-refractivity contribution in [2.75, 3.05) is 12.4 Å². The van der Waals surface area contributed by atoms with E-state index in [1.165, 1.54) is 12.1 Å². The van der Waals surface area contributed by atoms with Crippen LogP contribution >= 0.6 is 0 Å². The van der Waals surface area contributed by atoms with Gasteiger partial charge in [-0.25, -0.2) is 8.42 Å². The summed E-state index contributed by atoms with van der Waals surface area (Å²) >= 11 is 0. The van der Waals surface area contributed by atoms with Gasteiger partial charge in [0.15, 0.2) is 9.84 Å². The molecule has 7 heteroatoms. The lowest BCUT2D eigenvalue weighted by atomic mass is 10.1. The third kappa shape index (κ3) is 4.98. The van der Waals surface area contributed by atoms with Crippen LogP contribution in [0.5, 0.6) is 0 Å². The Balaban J connectivity index is 2.77. The van der Waals surface area contributed by atoms with Gasteiger partial charge in [-0.05, 0) is 24.1 Å². The number of hydrogen-bond acceptors (Lipinski definition) is 5. The Morgan fingerprint density at radius 1 is 1.21 bits per heavy atom. The minimum absolute atomic E-state index is 0.0185. The average Bonchev–Trinajstić information content (AvgIpc) is 2.36. The minimum atomic E-state index is -3.65. The van der Waals surface area contributed by atoms with Crippen LogP contribution in [0.2, 0.25) is 0 Å². The highest BCUT2D eigenvalue weighted by Crippen LogP contribution is 2.14. The highest BCUT2D eigenvalue weighted by molar-refractivity contribution is 7.91. The molecule has 0 spiro atoms. The summed E-state index contributed by atoms with van der Waals surface area (Å²) in [6.45, 7) is -0.615. The molecule has 0 fully saturated rings. The third-order valence-corrected chi connectivity index (χ3v) is 4.35. The van der Waals surface area contributed by atoms with Crippen LogP contribution in [0.15, 0.2) is 29.2 Å². The number of benzene rings is 1. The number of aliphatic carboxylic acids is 1. The van der Waals surface area contributed by atoms with Gasteiger partial charge >= 0.3 is 5.97 Å². The summed E-state index contributed by atoms with van der Waals surface area (Å²) in [4.78, 5) is 10.4. The summed E-state index contributed by atoms with van der Waals surface area (Å²) in [7, 11) is -3.65. The highest BCUT2D eigenvalue weighted by atomic mass is 32.2. The first-order valence-corrected chi connectivity index (χ1v) is 7.33. The lowest BCUT2D eigenvalue weighted by molar-refractivity contribution is -0.136. The molecule has 1 aromatic carbocycles. The topological polar surface area (TPSA) is 112 Å². The van der Waals surface area contributed by atoms with Crippen LogP contribution in [-0.2, 0) is 21.1 Å². The standard InChI is InChI=1S/C12H16O6S/c13-7-10(14)8-19(17,18)11-4-1-9(2-5-11)3-6-12(15)16/h1-2,4-5,10,13-14H,3,6-8H2,(H,15,16). The zero-order chi connectivity index (χ0) is 14.5. The fourth-order valence-electron chi connectivity index (χ4n) is 1.52. The normalized spacial score (nSPS) is 13.2. The van der Waals surface area contributed by atoms with Gasteiger partial charge < -0.3 is 15.3 Å². The Bertz CT molecular complexity index is 520. The number of hydrogen-bond donors (Lipinski definition) is 3. The van der Waals surface area contributed by atoms with Crippen molar-refractivity contribution in [2.24, 2.45) is 0 Å². The van der Waals surface area contributed by atoms with E-state index >= 15 is 0 Å². The predicted octanol–water partition coefficient (Wildman–Crippen LogP) is -0.169. The molecule has 0 saturated carbocycles. The van der Waals surface area contributed by atoms with Gasteiger partial charge in [-0.3, -0.25) is 4.79 Å². The lowest BCUT2D eigenvalue weighted by Crippen LogP contribution is -2.24. The average molecular weight is 288 g/mol. The quantitative estimate of drug-likeness (QED) is 0.642. The van der Waals surface area contributed by atoms with Crippen molar-refractivity contribution >= 4 is 15.8 Å². The molecule has 0 heterocycles. The second-order valence-corrected chi connectivity index (χ2v) is 6.19. The Kier molecular flexibility index (Phi) is 5.46. The number of carboxylic acid groups (broad SMARTS) is 1. The molecule has 0 saturated heterocycles. The summed E-state index contributed by atoms with van der Waals surface area (Å²) in [5.74, 6) is -1.46. The Hall–Kier alpha value is -1.44. The van der Waals surface area contributed by atoms with E-state index in [2.05, 4.69) is 0 Å². The van der Waals surface area contributed by atoms with Crippen LogP contribution in [0.3, 0.4) is 0 Å².